The van der Waals surface area contributed by atoms with Gasteiger partial charge in [0.1, 0.15) is 18.0 Å². The van der Waals surface area contributed by atoms with Crippen molar-refractivity contribution < 1.29 is 8.42 Å². The van der Waals surface area contributed by atoms with Gasteiger partial charge in [0.05, 0.1) is 11.0 Å². The predicted octanol–water partition coefficient (Wildman–Crippen LogP) is 1.09. The molecule has 0 N–H and O–H groups in total. The normalized spacial score (nSPS) is 25.9. The Bertz CT molecular complexity index is 599. The molecule has 0 amide bonds. The molecule has 0 spiro atoms. The number of aromatic nitrogens is 2. The van der Waals surface area contributed by atoms with Crippen LogP contribution in [0.15, 0.2) is 12.4 Å². The van der Waals surface area contributed by atoms with Gasteiger partial charge < -0.3 is 9.80 Å². The highest BCUT2D eigenvalue weighted by Crippen LogP contribution is 2.23. The molecule has 6 nitrogen and oxygen atoms in total. The minimum Gasteiger partial charge on any atom is -0.356 e. The summed E-state index contributed by atoms with van der Waals surface area (Å²) >= 11 is 0. The molecule has 0 saturated carbocycles. The molecular weight excluding hydrogens is 288 g/mol. The summed E-state index contributed by atoms with van der Waals surface area (Å²) in [6.07, 6.45) is 5.29. The molecule has 0 aromatic carbocycles. The predicted molar refractivity (Wildman–Crippen MR) is 83.6 cm³/mol. The molecule has 2 fully saturated rings. The first-order chi connectivity index (χ1) is 10.1. The Morgan fingerprint density at radius 1 is 1.05 bits per heavy atom. The summed E-state index contributed by atoms with van der Waals surface area (Å²) in [6, 6.07) is 2.00. The zero-order valence-electron chi connectivity index (χ0n) is 12.4. The maximum absolute atomic E-state index is 11.8. The maximum atomic E-state index is 11.8. The fourth-order valence-corrected chi connectivity index (χ4v) is 4.25. The van der Waals surface area contributed by atoms with Crippen molar-refractivity contribution in [1.29, 1.82) is 0 Å². The summed E-state index contributed by atoms with van der Waals surface area (Å²) in [5, 5.41) is -0.334. The van der Waals surface area contributed by atoms with E-state index in [0.717, 1.165) is 24.7 Å². The van der Waals surface area contributed by atoms with Crippen LogP contribution in [0.1, 0.15) is 26.2 Å². The maximum Gasteiger partial charge on any atom is 0.156 e. The van der Waals surface area contributed by atoms with Gasteiger partial charge in [-0.15, -0.1) is 0 Å². The van der Waals surface area contributed by atoms with E-state index in [0.29, 0.717) is 13.1 Å². The van der Waals surface area contributed by atoms with Crippen molar-refractivity contribution >= 4 is 21.5 Å². The van der Waals surface area contributed by atoms with Crippen LogP contribution in [0.5, 0.6) is 0 Å². The summed E-state index contributed by atoms with van der Waals surface area (Å²) in [6.45, 7) is 4.89. The molecule has 0 radical (unpaired) electrons. The van der Waals surface area contributed by atoms with Gasteiger partial charge in [-0.3, -0.25) is 0 Å². The van der Waals surface area contributed by atoms with Crippen molar-refractivity contribution in [2.24, 2.45) is 0 Å². The lowest BCUT2D eigenvalue weighted by Gasteiger charge is -2.33. The van der Waals surface area contributed by atoms with Gasteiger partial charge in [0.2, 0.25) is 0 Å². The minimum atomic E-state index is -2.93. The van der Waals surface area contributed by atoms with Crippen molar-refractivity contribution in [2.45, 2.75) is 31.4 Å². The molecule has 2 aliphatic rings. The number of anilines is 2. The summed E-state index contributed by atoms with van der Waals surface area (Å²) in [5.74, 6) is 2.00. The van der Waals surface area contributed by atoms with E-state index in [1.165, 1.54) is 19.3 Å². The van der Waals surface area contributed by atoms with Gasteiger partial charge in [-0.05, 0) is 26.2 Å². The van der Waals surface area contributed by atoms with Gasteiger partial charge in [-0.25, -0.2) is 18.4 Å². The second-order valence-corrected chi connectivity index (χ2v) is 8.44. The van der Waals surface area contributed by atoms with Crippen LogP contribution in [0.2, 0.25) is 0 Å². The molecular formula is C14H22N4O2S. The molecule has 1 aromatic rings. The van der Waals surface area contributed by atoms with E-state index in [4.69, 9.17) is 0 Å². The smallest absolute Gasteiger partial charge is 0.156 e. The Hall–Kier alpha value is -1.37. The first-order valence-corrected chi connectivity index (χ1v) is 9.31. The zero-order chi connectivity index (χ0) is 14.9. The second-order valence-electron chi connectivity index (χ2n) is 5.91. The molecule has 3 rings (SSSR count). The molecule has 2 saturated heterocycles. The molecule has 1 atom stereocenters. The number of piperidine rings is 1. The van der Waals surface area contributed by atoms with E-state index in [2.05, 4.69) is 19.8 Å². The fourth-order valence-electron chi connectivity index (χ4n) is 2.97. The van der Waals surface area contributed by atoms with Crippen LogP contribution >= 0.6 is 0 Å². The van der Waals surface area contributed by atoms with Crippen LogP contribution in [0, 0.1) is 0 Å². The highest BCUT2D eigenvalue weighted by molar-refractivity contribution is 7.92. The van der Waals surface area contributed by atoms with Crippen LogP contribution in [0.25, 0.3) is 0 Å². The minimum absolute atomic E-state index is 0.206. The molecule has 0 unspecified atom stereocenters. The number of nitrogens with zero attached hydrogens (tertiary/aromatic N) is 4. The van der Waals surface area contributed by atoms with Crippen LogP contribution in [0.4, 0.5) is 11.6 Å². The van der Waals surface area contributed by atoms with Crippen LogP contribution in [-0.4, -0.2) is 55.6 Å². The van der Waals surface area contributed by atoms with Crippen molar-refractivity contribution in [2.75, 3.05) is 41.7 Å². The Balaban J connectivity index is 1.77. The first-order valence-electron chi connectivity index (χ1n) is 7.60. The van der Waals surface area contributed by atoms with E-state index in [-0.39, 0.29) is 11.0 Å². The largest absolute Gasteiger partial charge is 0.356 e. The second kappa shape index (κ2) is 5.79. The standard InChI is InChI=1S/C14H22N4O2S/c1-12-10-18(7-8-21(12,19)20)14-9-13(15-11-16-14)17-5-3-2-4-6-17/h9,11-12H,2-8,10H2,1H3/t12-/m0/s1. The topological polar surface area (TPSA) is 66.4 Å². The van der Waals surface area contributed by atoms with E-state index in [1.54, 1.807) is 13.3 Å². The third kappa shape index (κ3) is 3.12. The molecule has 0 bridgehead atoms. The SMILES string of the molecule is C[C@H]1CN(c2cc(N3CCCCC3)ncn2)CCS1(=O)=O. The third-order valence-electron chi connectivity index (χ3n) is 4.38. The lowest BCUT2D eigenvalue weighted by molar-refractivity contribution is 0.567. The van der Waals surface area contributed by atoms with Gasteiger partial charge in [0.15, 0.2) is 9.84 Å². The Kier molecular flexibility index (Phi) is 4.01. The number of rotatable bonds is 2. The third-order valence-corrected chi connectivity index (χ3v) is 6.51. The lowest BCUT2D eigenvalue weighted by Crippen LogP contribution is -2.46. The summed E-state index contributed by atoms with van der Waals surface area (Å²) < 4.78 is 23.6. The Morgan fingerprint density at radius 2 is 1.71 bits per heavy atom. The molecule has 2 aliphatic heterocycles. The molecule has 3 heterocycles. The van der Waals surface area contributed by atoms with Crippen LogP contribution in [0.3, 0.4) is 0 Å². The number of hydrogen-bond donors (Lipinski definition) is 0. The zero-order valence-corrected chi connectivity index (χ0v) is 13.2. The van der Waals surface area contributed by atoms with Gasteiger partial charge in [-0.1, -0.05) is 0 Å². The average molecular weight is 310 g/mol. The fraction of sp³-hybridized carbons (Fsp3) is 0.714. The van der Waals surface area contributed by atoms with Gasteiger partial charge >= 0.3 is 0 Å². The van der Waals surface area contributed by atoms with Crippen molar-refractivity contribution in [3.05, 3.63) is 12.4 Å². The summed E-state index contributed by atoms with van der Waals surface area (Å²) in [5.41, 5.74) is 0. The highest BCUT2D eigenvalue weighted by Gasteiger charge is 2.30. The van der Waals surface area contributed by atoms with E-state index >= 15 is 0 Å². The summed E-state index contributed by atoms with van der Waals surface area (Å²) in [7, 11) is -2.93. The Labute approximate surface area is 126 Å². The van der Waals surface area contributed by atoms with E-state index in [1.807, 2.05) is 6.07 Å². The van der Waals surface area contributed by atoms with Gasteiger partial charge in [-0.2, -0.15) is 0 Å². The van der Waals surface area contributed by atoms with E-state index in [9.17, 15) is 8.42 Å². The summed E-state index contributed by atoms with van der Waals surface area (Å²) in [4.78, 5) is 13.1. The quantitative estimate of drug-likeness (QED) is 0.814. The van der Waals surface area contributed by atoms with Crippen molar-refractivity contribution in [3.8, 4) is 0 Å². The van der Waals surface area contributed by atoms with Gasteiger partial charge in [0.25, 0.3) is 0 Å². The van der Waals surface area contributed by atoms with Gasteiger partial charge in [0, 0.05) is 32.2 Å². The van der Waals surface area contributed by atoms with Crippen LogP contribution in [-0.2, 0) is 9.84 Å². The average Bonchev–Trinajstić information content (AvgIpc) is 2.51. The molecule has 1 aromatic heterocycles. The molecule has 0 aliphatic carbocycles. The van der Waals surface area contributed by atoms with Crippen molar-refractivity contribution in [3.63, 3.8) is 0 Å². The number of hydrogen-bond acceptors (Lipinski definition) is 6. The Morgan fingerprint density at radius 3 is 2.38 bits per heavy atom. The monoisotopic (exact) mass is 310 g/mol. The first kappa shape index (κ1) is 14.6. The lowest BCUT2D eigenvalue weighted by atomic mass is 10.1. The molecule has 116 valence electrons. The number of sulfone groups is 1. The van der Waals surface area contributed by atoms with Crippen molar-refractivity contribution in [1.82, 2.24) is 9.97 Å². The van der Waals surface area contributed by atoms with E-state index < -0.39 is 9.84 Å². The molecule has 21 heavy (non-hydrogen) atoms. The van der Waals surface area contributed by atoms with Crippen LogP contribution < -0.4 is 9.80 Å². The highest BCUT2D eigenvalue weighted by atomic mass is 32.2. The molecule has 7 heteroatoms.